The molecule has 0 aliphatic carbocycles. The van der Waals surface area contributed by atoms with E-state index in [-0.39, 0.29) is 26.1 Å². The predicted octanol–water partition coefficient (Wildman–Crippen LogP) is 7.92. The molecule has 0 spiro atoms. The van der Waals surface area contributed by atoms with Gasteiger partial charge in [-0.05, 0) is 89.4 Å². The van der Waals surface area contributed by atoms with E-state index in [4.69, 9.17) is 31.8 Å². The number of hydrogen-bond acceptors (Lipinski definition) is 4. The van der Waals surface area contributed by atoms with Crippen LogP contribution in [0.15, 0.2) is 0 Å². The second-order valence-corrected chi connectivity index (χ2v) is 9.47. The Bertz CT molecular complexity index is 962. The fraction of sp³-hybridized carbons (Fsp3) is 0.641. The summed E-state index contributed by atoms with van der Waals surface area (Å²) in [7, 11) is 1.70. The number of rotatable bonds is 4. The summed E-state index contributed by atoms with van der Waals surface area (Å²) < 4.78 is 23.8. The molecule has 0 bridgehead atoms. The molecule has 5 unspecified atom stereocenters. The van der Waals surface area contributed by atoms with Crippen molar-refractivity contribution in [2.24, 2.45) is 29.6 Å². The molecule has 4 heteroatoms. The number of hydrogen-bond donors (Lipinski definition) is 0. The van der Waals surface area contributed by atoms with Gasteiger partial charge in [-0.3, -0.25) is 0 Å². The lowest BCUT2D eigenvalue weighted by Crippen LogP contribution is -2.51. The van der Waals surface area contributed by atoms with E-state index in [0.29, 0.717) is 42.3 Å². The molecule has 43 heavy (non-hydrogen) atoms. The van der Waals surface area contributed by atoms with Gasteiger partial charge >= 0.3 is 0 Å². The Morgan fingerprint density at radius 2 is 1.07 bits per heavy atom. The van der Waals surface area contributed by atoms with Crippen molar-refractivity contribution in [1.82, 2.24) is 0 Å². The molecule has 0 radical (unpaired) electrons. The fourth-order valence-corrected chi connectivity index (χ4v) is 3.95. The maximum Gasteiger partial charge on any atom is 0.161 e. The highest BCUT2D eigenvalue weighted by atomic mass is 16.7. The topological polar surface area (TPSA) is 36.9 Å². The lowest BCUT2D eigenvalue weighted by molar-refractivity contribution is -0.302. The zero-order chi connectivity index (χ0) is 33.5. The average molecular weight is 593 g/mol. The number of terminal acetylenes is 4. The fourth-order valence-electron chi connectivity index (χ4n) is 3.95. The van der Waals surface area contributed by atoms with Crippen LogP contribution in [0.1, 0.15) is 96.9 Å². The SMILES string of the molecule is C.C#CC.C#CC.C#CC#CC.C#CC#CC.CC#CC.CCC1OC(O[C@@H]2CO[C@@H](OC)C(C)C2C)C(C)[C@@H](C)[C@@H]1C. The Balaban J connectivity index is -0.000000188. The Labute approximate surface area is 268 Å². The first kappa shape index (κ1) is 49.4. The van der Waals surface area contributed by atoms with Gasteiger partial charge in [0.2, 0.25) is 0 Å². The molecule has 0 amide bonds. The van der Waals surface area contributed by atoms with E-state index in [2.05, 4.69) is 114 Å². The van der Waals surface area contributed by atoms with Crippen molar-refractivity contribution < 1.29 is 18.9 Å². The van der Waals surface area contributed by atoms with E-state index in [1.165, 1.54) is 0 Å². The molecule has 4 nitrogen and oxygen atoms in total. The van der Waals surface area contributed by atoms with Crippen LogP contribution in [0.2, 0.25) is 0 Å². The lowest BCUT2D eigenvalue weighted by Gasteiger charge is -2.46. The van der Waals surface area contributed by atoms with Crippen LogP contribution in [0.25, 0.3) is 0 Å². The summed E-state index contributed by atoms with van der Waals surface area (Å²) in [5.41, 5.74) is 0. The third-order valence-electron chi connectivity index (χ3n) is 6.84. The van der Waals surface area contributed by atoms with Gasteiger partial charge in [-0.2, -0.15) is 0 Å². The summed E-state index contributed by atoms with van der Waals surface area (Å²) >= 11 is 0. The molecule has 9 atom stereocenters. The Morgan fingerprint density at radius 3 is 1.37 bits per heavy atom. The molecule has 2 rings (SSSR count). The molecule has 0 saturated carbocycles. The summed E-state index contributed by atoms with van der Waals surface area (Å²) in [5.74, 6) is 26.3. The minimum Gasteiger partial charge on any atom is -0.356 e. The molecule has 240 valence electrons. The second-order valence-electron chi connectivity index (χ2n) is 9.47. The van der Waals surface area contributed by atoms with Gasteiger partial charge < -0.3 is 18.9 Å². The van der Waals surface area contributed by atoms with Gasteiger partial charge in [0.05, 0.1) is 18.8 Å². The van der Waals surface area contributed by atoms with Gasteiger partial charge in [0.1, 0.15) is 0 Å². The van der Waals surface area contributed by atoms with Gasteiger partial charge in [0.25, 0.3) is 0 Å². The highest BCUT2D eigenvalue weighted by Crippen LogP contribution is 2.39. The monoisotopic (exact) mass is 592 g/mol. The zero-order valence-electron chi connectivity index (χ0n) is 28.6. The van der Waals surface area contributed by atoms with E-state index in [1.807, 2.05) is 13.8 Å². The van der Waals surface area contributed by atoms with E-state index < -0.39 is 0 Å². The maximum atomic E-state index is 6.37. The van der Waals surface area contributed by atoms with Crippen molar-refractivity contribution in [2.75, 3.05) is 13.7 Å². The molecule has 0 aromatic heterocycles. The van der Waals surface area contributed by atoms with Crippen LogP contribution in [0.5, 0.6) is 0 Å². The van der Waals surface area contributed by atoms with Crippen LogP contribution in [0.3, 0.4) is 0 Å². The largest absolute Gasteiger partial charge is 0.356 e. The standard InChI is InChI=1S/C18H34O4.2C5H4.C4H6.2C3H4.CH4/c1-8-15-11(3)10(2)13(5)18(21-15)22-16-9-20-17(19-7)14(6)12(16)4;2*1-3-5-4-2;1-3-4-2;2*1-3-2;/h10-18H,8-9H2,1-7H3;2*1H,2H3;1-2H3;2*1H,2H3;1H4/t10-,11-,12?,13?,14?,15?,16+,17+,18?;;;;;;/m0....../s1. The first-order chi connectivity index (χ1) is 20.0. The maximum absolute atomic E-state index is 6.37. The molecule has 2 fully saturated rings. The number of ether oxygens (including phenoxy) is 4. The molecule has 0 aromatic carbocycles. The molecule has 2 aliphatic rings. The van der Waals surface area contributed by atoms with Crippen LogP contribution in [-0.2, 0) is 18.9 Å². The van der Waals surface area contributed by atoms with E-state index in [0.717, 1.165) is 6.42 Å². The summed E-state index contributed by atoms with van der Waals surface area (Å²) in [6.45, 7) is 24.4. The highest BCUT2D eigenvalue weighted by molar-refractivity contribution is 5.20. The van der Waals surface area contributed by atoms with Gasteiger partial charge in [-0.1, -0.05) is 60.8 Å². The Kier molecular flexibility index (Phi) is 40.2. The molecule has 0 aromatic rings. The van der Waals surface area contributed by atoms with Crippen LogP contribution in [-0.4, -0.2) is 38.5 Å². The van der Waals surface area contributed by atoms with Crippen LogP contribution >= 0.6 is 0 Å². The quantitative estimate of drug-likeness (QED) is 0.311. The molecule has 2 saturated heterocycles. The van der Waals surface area contributed by atoms with E-state index in [1.54, 1.807) is 34.8 Å². The Hall–Kier alpha value is -3.24. The third-order valence-corrected chi connectivity index (χ3v) is 6.84. The first-order valence-electron chi connectivity index (χ1n) is 14.3. The normalized spacial score (nSPS) is 27.0. The van der Waals surface area contributed by atoms with E-state index in [9.17, 15) is 0 Å². The van der Waals surface area contributed by atoms with Crippen molar-refractivity contribution in [2.45, 2.75) is 122 Å². The minimum absolute atomic E-state index is 0. The van der Waals surface area contributed by atoms with Crippen LogP contribution in [0, 0.1) is 114 Å². The van der Waals surface area contributed by atoms with Gasteiger partial charge in [0.15, 0.2) is 12.6 Å². The summed E-state index contributed by atoms with van der Waals surface area (Å²) in [4.78, 5) is 0. The van der Waals surface area contributed by atoms with Crippen molar-refractivity contribution in [3.05, 3.63) is 0 Å². The highest BCUT2D eigenvalue weighted by Gasteiger charge is 2.43. The first-order valence-corrected chi connectivity index (χ1v) is 14.3. The van der Waals surface area contributed by atoms with Crippen molar-refractivity contribution in [3.63, 3.8) is 0 Å². The van der Waals surface area contributed by atoms with Crippen molar-refractivity contribution >= 4 is 0 Å². The van der Waals surface area contributed by atoms with Gasteiger partial charge in [-0.15, -0.1) is 49.4 Å². The molecule has 2 aliphatic heterocycles. The average Bonchev–Trinajstić information content (AvgIpc) is 2.98. The number of methoxy groups -OCH3 is 1. The zero-order valence-corrected chi connectivity index (χ0v) is 28.6. The molecule has 2 heterocycles. The van der Waals surface area contributed by atoms with E-state index >= 15 is 0 Å². The summed E-state index contributed by atoms with van der Waals surface area (Å²) in [6.07, 6.45) is 19.8. The van der Waals surface area contributed by atoms with Gasteiger partial charge in [0, 0.05) is 18.9 Å². The third kappa shape index (κ3) is 24.0. The van der Waals surface area contributed by atoms with Crippen molar-refractivity contribution in [3.8, 4) is 84.9 Å². The van der Waals surface area contributed by atoms with Crippen LogP contribution < -0.4 is 0 Å². The summed E-state index contributed by atoms with van der Waals surface area (Å²) in [5, 5.41) is 0. The predicted molar refractivity (Wildman–Crippen MR) is 186 cm³/mol. The molecular weight excluding hydrogens is 532 g/mol. The minimum atomic E-state index is -0.126. The summed E-state index contributed by atoms with van der Waals surface area (Å²) in [6, 6.07) is 0. The van der Waals surface area contributed by atoms with Gasteiger partial charge in [-0.25, -0.2) is 0 Å². The Morgan fingerprint density at radius 1 is 0.651 bits per heavy atom. The molecular formula is C39H60O4. The molecule has 0 N–H and O–H groups in total. The van der Waals surface area contributed by atoms with Crippen molar-refractivity contribution in [1.29, 1.82) is 0 Å². The van der Waals surface area contributed by atoms with Crippen LogP contribution in [0.4, 0.5) is 0 Å². The smallest absolute Gasteiger partial charge is 0.161 e. The lowest BCUT2D eigenvalue weighted by atomic mass is 9.78. The second kappa shape index (κ2) is 35.0.